The minimum atomic E-state index is -1.19. The molecule has 0 saturated carbocycles. The number of carbonyl (C=O) groups excluding carboxylic acids is 3. The van der Waals surface area contributed by atoms with E-state index in [1.165, 1.54) is 26.4 Å². The number of rotatable bonds is 4. The second-order valence-corrected chi connectivity index (χ2v) is 6.86. The van der Waals surface area contributed by atoms with Crippen molar-refractivity contribution in [3.8, 4) is 0 Å². The Morgan fingerprint density at radius 1 is 0.962 bits per heavy atom. The highest BCUT2D eigenvalue weighted by molar-refractivity contribution is 5.85. The van der Waals surface area contributed by atoms with E-state index < -0.39 is 60.0 Å². The Kier molecular flexibility index (Phi) is 4.95. The molecule has 0 unspecified atom stereocenters. The molecule has 0 spiro atoms. The second-order valence-electron chi connectivity index (χ2n) is 6.86. The van der Waals surface area contributed by atoms with Crippen LogP contribution in [0.25, 0.3) is 0 Å². The molecule has 0 aromatic carbocycles. The van der Waals surface area contributed by atoms with Crippen LogP contribution in [0.15, 0.2) is 0 Å². The van der Waals surface area contributed by atoms with Gasteiger partial charge in [0.2, 0.25) is 0 Å². The van der Waals surface area contributed by atoms with Gasteiger partial charge in [0.25, 0.3) is 0 Å². The first-order valence-corrected chi connectivity index (χ1v) is 8.27. The van der Waals surface area contributed by atoms with Crippen molar-refractivity contribution in [3.05, 3.63) is 0 Å². The number of methoxy groups -OCH3 is 3. The maximum Gasteiger partial charge on any atom is 0.338 e. The molecular formula is C16H23NO9. The molecule has 3 fully saturated rings. The minimum Gasteiger partial charge on any atom is -0.469 e. The van der Waals surface area contributed by atoms with E-state index in [2.05, 4.69) is 0 Å². The van der Waals surface area contributed by atoms with Crippen molar-refractivity contribution in [1.29, 1.82) is 0 Å². The first kappa shape index (κ1) is 19.0. The molecule has 0 N–H and O–H groups in total. The van der Waals surface area contributed by atoms with Gasteiger partial charge in [0.1, 0.15) is 18.1 Å². The molecule has 0 aliphatic carbocycles. The number of esters is 3. The molecular weight excluding hydrogens is 350 g/mol. The van der Waals surface area contributed by atoms with Crippen molar-refractivity contribution >= 4 is 17.9 Å². The predicted molar refractivity (Wildman–Crippen MR) is 82.3 cm³/mol. The van der Waals surface area contributed by atoms with Crippen LogP contribution >= 0.6 is 0 Å². The Labute approximate surface area is 150 Å². The molecule has 6 atom stereocenters. The van der Waals surface area contributed by atoms with Gasteiger partial charge in [-0.3, -0.25) is 14.4 Å². The van der Waals surface area contributed by atoms with Gasteiger partial charge in [-0.2, -0.15) is 5.06 Å². The van der Waals surface area contributed by atoms with Gasteiger partial charge < -0.3 is 23.7 Å². The van der Waals surface area contributed by atoms with Gasteiger partial charge in [-0.25, -0.2) is 4.79 Å². The lowest BCUT2D eigenvalue weighted by Crippen LogP contribution is -2.44. The highest BCUT2D eigenvalue weighted by Crippen LogP contribution is 2.48. The van der Waals surface area contributed by atoms with E-state index in [4.69, 9.17) is 28.5 Å². The average molecular weight is 373 g/mol. The molecule has 26 heavy (non-hydrogen) atoms. The number of hydrogen-bond acceptors (Lipinski definition) is 10. The maximum atomic E-state index is 12.4. The fourth-order valence-electron chi connectivity index (χ4n) is 3.94. The summed E-state index contributed by atoms with van der Waals surface area (Å²) in [6.45, 7) is 3.48. The summed E-state index contributed by atoms with van der Waals surface area (Å²) in [5, 5.41) is 1.44. The highest BCUT2D eigenvalue weighted by Gasteiger charge is 2.68. The van der Waals surface area contributed by atoms with Crippen LogP contribution in [0.5, 0.6) is 0 Å². The Morgan fingerprint density at radius 2 is 1.58 bits per heavy atom. The van der Waals surface area contributed by atoms with Crippen molar-refractivity contribution in [1.82, 2.24) is 5.06 Å². The van der Waals surface area contributed by atoms with Gasteiger partial charge in [0, 0.05) is 0 Å². The van der Waals surface area contributed by atoms with Crippen molar-refractivity contribution in [2.24, 2.45) is 5.92 Å². The zero-order valence-electron chi connectivity index (χ0n) is 15.3. The van der Waals surface area contributed by atoms with E-state index in [1.54, 1.807) is 13.8 Å². The Balaban J connectivity index is 1.97. The molecule has 10 nitrogen and oxygen atoms in total. The predicted octanol–water partition coefficient (Wildman–Crippen LogP) is -0.602. The molecule has 3 heterocycles. The summed E-state index contributed by atoms with van der Waals surface area (Å²) in [6.07, 6.45) is -2.35. The first-order chi connectivity index (χ1) is 12.2. The summed E-state index contributed by atoms with van der Waals surface area (Å²) in [7, 11) is 3.71. The number of fused-ring (bicyclic) bond motifs is 3. The normalized spacial score (nSPS) is 37.7. The molecule has 3 saturated heterocycles. The van der Waals surface area contributed by atoms with Crippen molar-refractivity contribution in [2.75, 3.05) is 21.3 Å². The van der Waals surface area contributed by atoms with Crippen molar-refractivity contribution in [3.63, 3.8) is 0 Å². The summed E-state index contributed by atoms with van der Waals surface area (Å²) < 4.78 is 26.3. The summed E-state index contributed by atoms with van der Waals surface area (Å²) in [5.74, 6) is -3.68. The van der Waals surface area contributed by atoms with Crippen molar-refractivity contribution in [2.45, 2.75) is 56.5 Å². The van der Waals surface area contributed by atoms with Gasteiger partial charge in [-0.1, -0.05) is 0 Å². The number of hydroxylamine groups is 2. The van der Waals surface area contributed by atoms with Gasteiger partial charge >= 0.3 is 17.9 Å². The van der Waals surface area contributed by atoms with Crippen LogP contribution in [0.3, 0.4) is 0 Å². The molecule has 0 aromatic rings. The van der Waals surface area contributed by atoms with Gasteiger partial charge in [0.05, 0.1) is 39.8 Å². The van der Waals surface area contributed by atoms with Crippen LogP contribution in [0.2, 0.25) is 0 Å². The van der Waals surface area contributed by atoms with Crippen LogP contribution in [-0.2, 0) is 42.9 Å². The first-order valence-electron chi connectivity index (χ1n) is 8.27. The zero-order valence-corrected chi connectivity index (χ0v) is 15.3. The summed E-state index contributed by atoms with van der Waals surface area (Å²) in [5.41, 5.74) is 0. The van der Waals surface area contributed by atoms with E-state index in [1.807, 2.05) is 0 Å². The molecule has 0 aromatic heterocycles. The van der Waals surface area contributed by atoms with Gasteiger partial charge in [-0.15, -0.1) is 0 Å². The summed E-state index contributed by atoms with van der Waals surface area (Å²) in [4.78, 5) is 42.1. The van der Waals surface area contributed by atoms with E-state index in [9.17, 15) is 14.4 Å². The molecule has 0 radical (unpaired) electrons. The van der Waals surface area contributed by atoms with Crippen LogP contribution in [0.1, 0.15) is 20.3 Å². The number of hydrogen-bond donors (Lipinski definition) is 0. The van der Waals surface area contributed by atoms with Gasteiger partial charge in [-0.05, 0) is 13.8 Å². The number of nitrogens with zero attached hydrogens (tertiary/aromatic N) is 1. The lowest BCUT2D eigenvalue weighted by molar-refractivity contribution is -0.228. The largest absolute Gasteiger partial charge is 0.469 e. The topological polar surface area (TPSA) is 110 Å². The van der Waals surface area contributed by atoms with Crippen LogP contribution in [0.4, 0.5) is 0 Å². The molecule has 10 heteroatoms. The summed E-state index contributed by atoms with van der Waals surface area (Å²) >= 11 is 0. The van der Waals surface area contributed by atoms with E-state index >= 15 is 0 Å². The lowest BCUT2D eigenvalue weighted by Gasteiger charge is -2.28. The van der Waals surface area contributed by atoms with E-state index in [-0.39, 0.29) is 6.42 Å². The standard InChI is InChI=1S/C16H23NO9/c1-16(2)24-11-7(6-8(18)21-3)17-10(13(11)25-16)9(14(19)22-4)12(26-17)15(20)23-5/h7,9-13H,6H2,1-5H3/t7-,9+,10-,11-,12+,13+/m1/s1. The fourth-order valence-corrected chi connectivity index (χ4v) is 3.94. The van der Waals surface area contributed by atoms with E-state index in [0.717, 1.165) is 0 Å². The Morgan fingerprint density at radius 3 is 2.15 bits per heavy atom. The van der Waals surface area contributed by atoms with Crippen molar-refractivity contribution < 1.29 is 42.9 Å². The molecule has 0 amide bonds. The smallest absolute Gasteiger partial charge is 0.338 e. The highest BCUT2D eigenvalue weighted by atomic mass is 16.8. The molecule has 0 bridgehead atoms. The third kappa shape index (κ3) is 2.96. The Bertz CT molecular complexity index is 607. The van der Waals surface area contributed by atoms with Crippen LogP contribution in [-0.4, -0.2) is 80.5 Å². The minimum absolute atomic E-state index is 0.0462. The quantitative estimate of drug-likeness (QED) is 0.468. The number of carbonyl (C=O) groups is 3. The number of ether oxygens (including phenoxy) is 5. The second kappa shape index (κ2) is 6.76. The average Bonchev–Trinajstić information content (AvgIpc) is 3.21. The van der Waals surface area contributed by atoms with Gasteiger partial charge in [0.15, 0.2) is 11.9 Å². The third-order valence-electron chi connectivity index (χ3n) is 4.94. The third-order valence-corrected chi connectivity index (χ3v) is 4.94. The molecule has 3 aliphatic rings. The Hall–Kier alpha value is -1.75. The SMILES string of the molecule is COC(=O)C[C@@H]1[C@H]2OC(C)(C)O[C@H]2[C@H]2[C@H](C(=O)OC)[C@@H](C(=O)OC)ON21. The monoisotopic (exact) mass is 373 g/mol. The zero-order chi connectivity index (χ0) is 19.2. The fraction of sp³-hybridized carbons (Fsp3) is 0.812. The molecule has 3 rings (SSSR count). The molecule has 146 valence electrons. The van der Waals surface area contributed by atoms with Crippen LogP contribution in [0, 0.1) is 5.92 Å². The lowest BCUT2D eigenvalue weighted by atomic mass is 9.91. The maximum absolute atomic E-state index is 12.4. The van der Waals surface area contributed by atoms with Crippen LogP contribution < -0.4 is 0 Å². The van der Waals surface area contributed by atoms with E-state index in [0.29, 0.717) is 0 Å². The molecule has 3 aliphatic heterocycles. The summed E-state index contributed by atoms with van der Waals surface area (Å²) in [6, 6.07) is -1.24.